The van der Waals surface area contributed by atoms with Gasteiger partial charge >= 0.3 is 0 Å². The average Bonchev–Trinajstić information content (AvgIpc) is 3.32. The number of likely N-dealkylation sites (tertiary alicyclic amines) is 1. The van der Waals surface area contributed by atoms with Gasteiger partial charge in [-0.1, -0.05) is 56.3 Å². The molecule has 2 amide bonds. The molecule has 6 heteroatoms. The van der Waals surface area contributed by atoms with E-state index in [1.807, 2.05) is 58.0 Å². The van der Waals surface area contributed by atoms with Gasteiger partial charge in [-0.15, -0.1) is 0 Å². The molecule has 1 atom stereocenters. The van der Waals surface area contributed by atoms with Crippen molar-refractivity contribution in [1.29, 1.82) is 0 Å². The molecule has 2 heterocycles. The minimum absolute atomic E-state index is 0.0538. The summed E-state index contributed by atoms with van der Waals surface area (Å²) < 4.78 is 5.35. The van der Waals surface area contributed by atoms with Crippen molar-refractivity contribution in [2.75, 3.05) is 11.9 Å². The molecule has 2 fully saturated rings. The second kappa shape index (κ2) is 6.19. The molecule has 1 saturated carbocycles. The number of carbonyl (C=O) groups excluding carboxylic acids is 2. The second-order valence-corrected chi connectivity index (χ2v) is 9.21. The van der Waals surface area contributed by atoms with Crippen molar-refractivity contribution in [3.8, 4) is 0 Å². The minimum atomic E-state index is -0.859. The van der Waals surface area contributed by atoms with Crippen molar-refractivity contribution in [3.63, 3.8) is 0 Å². The molecule has 1 N–H and O–H groups in total. The Hall–Kier alpha value is -2.63. The molecule has 1 saturated heterocycles. The number of hydrogen-bond donors (Lipinski definition) is 1. The number of anilines is 1. The maximum atomic E-state index is 13.3. The summed E-state index contributed by atoms with van der Waals surface area (Å²) in [5.74, 6) is 0.929. The molecule has 1 aliphatic heterocycles. The van der Waals surface area contributed by atoms with Crippen LogP contribution in [0.2, 0.25) is 0 Å². The quantitative estimate of drug-likeness (QED) is 0.877. The van der Waals surface area contributed by atoms with Crippen LogP contribution in [0, 0.1) is 0 Å². The largest absolute Gasteiger partial charge is 0.359 e. The summed E-state index contributed by atoms with van der Waals surface area (Å²) in [6.45, 7) is 8.49. The Kier molecular flexibility index (Phi) is 4.14. The zero-order valence-corrected chi connectivity index (χ0v) is 16.9. The summed E-state index contributed by atoms with van der Waals surface area (Å²) in [7, 11) is 0. The first-order valence-corrected chi connectivity index (χ1v) is 9.83. The summed E-state index contributed by atoms with van der Waals surface area (Å²) in [5, 5.41) is 6.80. The van der Waals surface area contributed by atoms with E-state index in [4.69, 9.17) is 4.52 Å². The number of amides is 2. The summed E-state index contributed by atoms with van der Waals surface area (Å²) >= 11 is 0. The lowest BCUT2D eigenvalue weighted by molar-refractivity contribution is -0.156. The fraction of sp³-hybridized carbons (Fsp3) is 0.500. The van der Waals surface area contributed by atoms with Gasteiger partial charge in [-0.2, -0.15) is 0 Å². The van der Waals surface area contributed by atoms with Crippen molar-refractivity contribution >= 4 is 17.6 Å². The van der Waals surface area contributed by atoms with Gasteiger partial charge in [0, 0.05) is 18.0 Å². The van der Waals surface area contributed by atoms with E-state index in [1.165, 1.54) is 0 Å². The molecule has 1 aliphatic carbocycles. The van der Waals surface area contributed by atoms with Crippen molar-refractivity contribution < 1.29 is 14.1 Å². The van der Waals surface area contributed by atoms with E-state index in [9.17, 15) is 9.59 Å². The number of carbonyl (C=O) groups is 2. The number of aromatic nitrogens is 1. The van der Waals surface area contributed by atoms with Gasteiger partial charge in [0.05, 0.1) is 5.41 Å². The Labute approximate surface area is 165 Å². The summed E-state index contributed by atoms with van der Waals surface area (Å²) in [6, 6.07) is 11.6. The molecule has 148 valence electrons. The van der Waals surface area contributed by atoms with E-state index < -0.39 is 11.0 Å². The highest BCUT2D eigenvalue weighted by molar-refractivity contribution is 6.03. The van der Waals surface area contributed by atoms with E-state index in [1.54, 1.807) is 11.0 Å². The number of nitrogens with one attached hydrogen (secondary N) is 1. The average molecular weight is 381 g/mol. The van der Waals surface area contributed by atoms with Gasteiger partial charge in [-0.25, -0.2) is 0 Å². The lowest BCUT2D eigenvalue weighted by atomic mass is 9.82. The molecule has 0 bridgehead atoms. The van der Waals surface area contributed by atoms with E-state index in [0.29, 0.717) is 24.5 Å². The number of benzene rings is 1. The van der Waals surface area contributed by atoms with Crippen molar-refractivity contribution in [3.05, 3.63) is 47.7 Å². The molecule has 28 heavy (non-hydrogen) atoms. The van der Waals surface area contributed by atoms with Crippen LogP contribution in [0.25, 0.3) is 0 Å². The van der Waals surface area contributed by atoms with Crippen LogP contribution in [0.3, 0.4) is 0 Å². The molecular formula is C22H27N3O3. The van der Waals surface area contributed by atoms with Crippen LogP contribution in [-0.4, -0.2) is 34.0 Å². The van der Waals surface area contributed by atoms with Gasteiger partial charge in [-0.05, 0) is 31.7 Å². The van der Waals surface area contributed by atoms with Crippen LogP contribution in [0.1, 0.15) is 58.3 Å². The molecule has 1 aromatic carbocycles. The van der Waals surface area contributed by atoms with Gasteiger partial charge in [0.1, 0.15) is 11.3 Å². The number of hydrogen-bond acceptors (Lipinski definition) is 4. The highest BCUT2D eigenvalue weighted by Gasteiger charge is 2.59. The molecule has 2 aromatic rings. The monoisotopic (exact) mass is 381 g/mol. The van der Waals surface area contributed by atoms with Gasteiger partial charge < -0.3 is 14.7 Å². The summed E-state index contributed by atoms with van der Waals surface area (Å²) in [4.78, 5) is 28.0. The Balaban J connectivity index is 1.50. The van der Waals surface area contributed by atoms with Gasteiger partial charge in [-0.3, -0.25) is 9.59 Å². The Bertz CT molecular complexity index is 909. The topological polar surface area (TPSA) is 75.4 Å². The van der Waals surface area contributed by atoms with Crippen molar-refractivity contribution in [2.24, 2.45) is 0 Å². The molecule has 1 aromatic heterocycles. The van der Waals surface area contributed by atoms with Crippen molar-refractivity contribution in [1.82, 2.24) is 10.1 Å². The first kappa shape index (κ1) is 18.7. The summed E-state index contributed by atoms with van der Waals surface area (Å²) in [6.07, 6.45) is 2.31. The van der Waals surface area contributed by atoms with E-state index >= 15 is 0 Å². The molecule has 1 unspecified atom stereocenters. The first-order chi connectivity index (χ1) is 13.2. The molecule has 4 rings (SSSR count). The number of nitrogens with zero attached hydrogens (tertiary/aromatic N) is 2. The maximum Gasteiger partial charge on any atom is 0.251 e. The van der Waals surface area contributed by atoms with Crippen LogP contribution in [-0.2, 0) is 20.4 Å². The van der Waals surface area contributed by atoms with Crippen LogP contribution < -0.4 is 5.32 Å². The Morgan fingerprint density at radius 1 is 1.14 bits per heavy atom. The van der Waals surface area contributed by atoms with E-state index in [0.717, 1.165) is 18.4 Å². The van der Waals surface area contributed by atoms with E-state index in [2.05, 4.69) is 10.5 Å². The highest BCUT2D eigenvalue weighted by Crippen LogP contribution is 2.51. The minimum Gasteiger partial charge on any atom is -0.359 e. The van der Waals surface area contributed by atoms with Crippen LogP contribution >= 0.6 is 0 Å². The fourth-order valence-electron chi connectivity index (χ4n) is 3.83. The normalized spacial score (nSPS) is 23.1. The van der Waals surface area contributed by atoms with Crippen LogP contribution in [0.5, 0.6) is 0 Å². The molecule has 6 nitrogen and oxygen atoms in total. The molecule has 0 radical (unpaired) electrons. The molecular weight excluding hydrogens is 354 g/mol. The lowest BCUT2D eigenvalue weighted by Crippen LogP contribution is -2.67. The third kappa shape index (κ3) is 2.91. The maximum absolute atomic E-state index is 13.3. The SMILES string of the molecule is CC(C)(C)c1cc(NC(=O)C2(C)CCN2C(=O)C2(c3ccccc3)CC2)no1. The standard InChI is InChI=1S/C22H27N3O3/c1-20(2,3)16-14-17(24-28-16)23-18(26)21(4)12-13-25(21)19(27)22(10-11-22)15-8-6-5-7-9-15/h5-9,14H,10-13H2,1-4H3,(H,23,24,26). The Morgan fingerprint density at radius 3 is 2.32 bits per heavy atom. The summed E-state index contributed by atoms with van der Waals surface area (Å²) in [5.41, 5.74) is -0.466. The predicted octanol–water partition coefficient (Wildman–Crippen LogP) is 3.63. The smallest absolute Gasteiger partial charge is 0.251 e. The first-order valence-electron chi connectivity index (χ1n) is 9.83. The fourth-order valence-corrected chi connectivity index (χ4v) is 3.83. The lowest BCUT2D eigenvalue weighted by Gasteiger charge is -2.50. The van der Waals surface area contributed by atoms with Crippen molar-refractivity contribution in [2.45, 2.75) is 63.3 Å². The highest BCUT2D eigenvalue weighted by atomic mass is 16.5. The zero-order chi connectivity index (χ0) is 20.2. The zero-order valence-electron chi connectivity index (χ0n) is 16.9. The van der Waals surface area contributed by atoms with Gasteiger partial charge in [0.25, 0.3) is 5.91 Å². The van der Waals surface area contributed by atoms with Crippen LogP contribution in [0.4, 0.5) is 5.82 Å². The number of rotatable bonds is 4. The van der Waals surface area contributed by atoms with Gasteiger partial charge in [0.15, 0.2) is 5.82 Å². The second-order valence-electron chi connectivity index (χ2n) is 9.21. The van der Waals surface area contributed by atoms with Crippen LogP contribution in [0.15, 0.2) is 40.9 Å². The van der Waals surface area contributed by atoms with E-state index in [-0.39, 0.29) is 17.2 Å². The molecule has 0 spiro atoms. The molecule has 2 aliphatic rings. The third-order valence-electron chi connectivity index (χ3n) is 6.13. The predicted molar refractivity (Wildman–Crippen MR) is 106 cm³/mol. The van der Waals surface area contributed by atoms with Gasteiger partial charge in [0.2, 0.25) is 5.91 Å². The third-order valence-corrected chi connectivity index (χ3v) is 6.13. The Morgan fingerprint density at radius 2 is 1.82 bits per heavy atom.